The maximum absolute atomic E-state index is 13.5. The van der Waals surface area contributed by atoms with Crippen LogP contribution in [0.4, 0.5) is 17.6 Å². The molecule has 130 valence electrons. The zero-order valence-electron chi connectivity index (χ0n) is 12.8. The highest BCUT2D eigenvalue weighted by molar-refractivity contribution is 6.30. The summed E-state index contributed by atoms with van der Waals surface area (Å²) in [5, 5.41) is 10.2. The number of amides is 1. The van der Waals surface area contributed by atoms with Crippen LogP contribution in [0.25, 0.3) is 11.3 Å². The van der Waals surface area contributed by atoms with Gasteiger partial charge in [0.05, 0.1) is 22.5 Å². The fourth-order valence-corrected chi connectivity index (χ4v) is 2.96. The summed E-state index contributed by atoms with van der Waals surface area (Å²) in [5.74, 6) is -4.83. The summed E-state index contributed by atoms with van der Waals surface area (Å²) in [7, 11) is 0. The lowest BCUT2D eigenvalue weighted by Gasteiger charge is -2.02. The lowest BCUT2D eigenvalue weighted by atomic mass is 10.00. The van der Waals surface area contributed by atoms with Gasteiger partial charge in [0.15, 0.2) is 5.88 Å². The van der Waals surface area contributed by atoms with Crippen LogP contribution < -0.4 is 0 Å². The SMILES string of the molecule is O=C1N=C(c2cc(F)cc(F)c2)c2c(O)[nH]c(-c3cc(F)cc(F)c3)c21. The van der Waals surface area contributed by atoms with E-state index in [1.807, 2.05) is 0 Å². The van der Waals surface area contributed by atoms with Gasteiger partial charge in [-0.25, -0.2) is 22.6 Å². The summed E-state index contributed by atoms with van der Waals surface area (Å²) in [6.45, 7) is 0. The van der Waals surface area contributed by atoms with E-state index >= 15 is 0 Å². The Morgan fingerprint density at radius 1 is 0.769 bits per heavy atom. The van der Waals surface area contributed by atoms with Gasteiger partial charge in [-0.05, 0) is 24.3 Å². The molecular weight excluding hydrogens is 352 g/mol. The fraction of sp³-hybridized carbons (Fsp3) is 0. The number of halogens is 4. The Morgan fingerprint density at radius 3 is 1.81 bits per heavy atom. The predicted molar refractivity (Wildman–Crippen MR) is 84.1 cm³/mol. The van der Waals surface area contributed by atoms with Crippen LogP contribution in [0.2, 0.25) is 0 Å². The van der Waals surface area contributed by atoms with E-state index in [0.29, 0.717) is 12.1 Å². The molecule has 0 saturated carbocycles. The van der Waals surface area contributed by atoms with Gasteiger partial charge in [0, 0.05) is 23.3 Å². The third kappa shape index (κ3) is 2.46. The number of fused-ring (bicyclic) bond motifs is 1. The van der Waals surface area contributed by atoms with Gasteiger partial charge >= 0.3 is 0 Å². The summed E-state index contributed by atoms with van der Waals surface area (Å²) in [6.07, 6.45) is 0. The molecule has 0 saturated heterocycles. The Hall–Kier alpha value is -3.42. The number of rotatable bonds is 2. The Kier molecular flexibility index (Phi) is 3.43. The molecule has 0 aliphatic carbocycles. The van der Waals surface area contributed by atoms with Gasteiger partial charge < -0.3 is 10.1 Å². The largest absolute Gasteiger partial charge is 0.494 e. The van der Waals surface area contributed by atoms with Crippen LogP contribution in [0, 0.1) is 23.3 Å². The molecule has 1 amide bonds. The molecule has 1 aliphatic rings. The lowest BCUT2D eigenvalue weighted by Crippen LogP contribution is -2.01. The first kappa shape index (κ1) is 16.1. The van der Waals surface area contributed by atoms with Crippen molar-refractivity contribution in [1.29, 1.82) is 0 Å². The highest BCUT2D eigenvalue weighted by Crippen LogP contribution is 2.38. The van der Waals surface area contributed by atoms with E-state index in [2.05, 4.69) is 9.98 Å². The zero-order valence-corrected chi connectivity index (χ0v) is 12.8. The summed E-state index contributed by atoms with van der Waals surface area (Å²) in [5.41, 5.74) is -0.473. The van der Waals surface area contributed by atoms with Crippen LogP contribution in [-0.4, -0.2) is 21.7 Å². The molecule has 2 aromatic carbocycles. The number of aliphatic imine (C=N–C) groups is 1. The van der Waals surface area contributed by atoms with Gasteiger partial charge in [0.2, 0.25) is 0 Å². The quantitative estimate of drug-likeness (QED) is 0.680. The number of nitrogens with one attached hydrogen (secondary N) is 1. The standard InChI is InChI=1S/C18H8F4N2O2/c19-9-1-7(2-10(20)5-9)15-13-14(18(26)23-15)16(24-17(13)25)8-3-11(21)6-12(22)4-8/h1-6,23,26H. The van der Waals surface area contributed by atoms with E-state index in [1.165, 1.54) is 0 Å². The molecule has 4 nitrogen and oxygen atoms in total. The van der Waals surface area contributed by atoms with Crippen LogP contribution in [0.1, 0.15) is 21.5 Å². The normalized spacial score (nSPS) is 13.1. The second-order valence-electron chi connectivity index (χ2n) is 5.68. The second kappa shape index (κ2) is 5.55. The van der Waals surface area contributed by atoms with Gasteiger partial charge in [0.1, 0.15) is 23.3 Å². The zero-order chi connectivity index (χ0) is 18.6. The van der Waals surface area contributed by atoms with Crippen molar-refractivity contribution < 1.29 is 27.5 Å². The number of aromatic hydroxyl groups is 1. The number of benzene rings is 2. The Balaban J connectivity index is 1.92. The molecule has 4 rings (SSSR count). The van der Waals surface area contributed by atoms with Crippen molar-refractivity contribution in [2.45, 2.75) is 0 Å². The maximum Gasteiger partial charge on any atom is 0.280 e. The van der Waals surface area contributed by atoms with Crippen LogP contribution >= 0.6 is 0 Å². The molecule has 2 heterocycles. The van der Waals surface area contributed by atoms with Crippen LogP contribution in [0.5, 0.6) is 5.88 Å². The number of aromatic nitrogens is 1. The van der Waals surface area contributed by atoms with Gasteiger partial charge in [0.25, 0.3) is 5.91 Å². The molecule has 1 aromatic heterocycles. The molecule has 0 radical (unpaired) electrons. The van der Waals surface area contributed by atoms with E-state index < -0.39 is 35.1 Å². The third-order valence-corrected chi connectivity index (χ3v) is 3.93. The van der Waals surface area contributed by atoms with Crippen molar-refractivity contribution in [2.24, 2.45) is 4.99 Å². The third-order valence-electron chi connectivity index (χ3n) is 3.93. The first-order chi connectivity index (χ1) is 12.3. The number of hydrogen-bond acceptors (Lipinski definition) is 2. The molecule has 0 unspecified atom stereocenters. The van der Waals surface area contributed by atoms with Crippen molar-refractivity contribution in [2.75, 3.05) is 0 Å². The Bertz CT molecular complexity index is 1080. The second-order valence-corrected chi connectivity index (χ2v) is 5.68. The molecule has 26 heavy (non-hydrogen) atoms. The number of carbonyl (C=O) groups is 1. The maximum atomic E-state index is 13.5. The number of hydrogen-bond donors (Lipinski definition) is 2. The molecule has 0 fully saturated rings. The van der Waals surface area contributed by atoms with E-state index in [1.54, 1.807) is 0 Å². The topological polar surface area (TPSA) is 65.4 Å². The number of carbonyl (C=O) groups excluding carboxylic acids is 1. The number of nitrogens with zero attached hydrogens (tertiary/aromatic N) is 1. The van der Waals surface area contributed by atoms with Crippen molar-refractivity contribution >= 4 is 11.6 Å². The summed E-state index contributed by atoms with van der Waals surface area (Å²) >= 11 is 0. The smallest absolute Gasteiger partial charge is 0.280 e. The highest BCUT2D eigenvalue weighted by atomic mass is 19.1. The van der Waals surface area contributed by atoms with Gasteiger partial charge in [-0.3, -0.25) is 4.79 Å². The summed E-state index contributed by atoms with van der Waals surface area (Å²) < 4.78 is 53.9. The molecule has 1 aliphatic heterocycles. The molecule has 8 heteroatoms. The van der Waals surface area contributed by atoms with E-state index in [-0.39, 0.29) is 33.7 Å². The fourth-order valence-electron chi connectivity index (χ4n) is 2.96. The minimum absolute atomic E-state index is 0.0192. The van der Waals surface area contributed by atoms with Gasteiger partial charge in [-0.15, -0.1) is 0 Å². The minimum Gasteiger partial charge on any atom is -0.494 e. The van der Waals surface area contributed by atoms with Crippen LogP contribution in [0.15, 0.2) is 41.4 Å². The van der Waals surface area contributed by atoms with Crippen molar-refractivity contribution in [3.05, 3.63) is 76.4 Å². The van der Waals surface area contributed by atoms with Crippen LogP contribution in [0.3, 0.4) is 0 Å². The van der Waals surface area contributed by atoms with Crippen LogP contribution in [-0.2, 0) is 0 Å². The number of H-pyrrole nitrogens is 1. The average Bonchev–Trinajstić information content (AvgIpc) is 3.05. The van der Waals surface area contributed by atoms with Gasteiger partial charge in [-0.1, -0.05) is 0 Å². The Morgan fingerprint density at radius 2 is 1.27 bits per heavy atom. The highest BCUT2D eigenvalue weighted by Gasteiger charge is 2.34. The molecule has 0 spiro atoms. The minimum atomic E-state index is -0.883. The molecule has 2 N–H and O–H groups in total. The lowest BCUT2D eigenvalue weighted by molar-refractivity contribution is 0.101. The summed E-state index contributed by atoms with van der Waals surface area (Å²) in [4.78, 5) is 18.5. The molecule has 0 atom stereocenters. The van der Waals surface area contributed by atoms with Crippen molar-refractivity contribution in [3.63, 3.8) is 0 Å². The average molecular weight is 360 g/mol. The molecule has 0 bridgehead atoms. The first-order valence-electron chi connectivity index (χ1n) is 7.34. The van der Waals surface area contributed by atoms with Gasteiger partial charge in [-0.2, -0.15) is 0 Å². The van der Waals surface area contributed by atoms with Crippen molar-refractivity contribution in [3.8, 4) is 17.1 Å². The molecular formula is C18H8F4N2O2. The molecule has 3 aromatic rings. The monoisotopic (exact) mass is 360 g/mol. The van der Waals surface area contributed by atoms with E-state index in [0.717, 1.165) is 24.3 Å². The number of aromatic amines is 1. The van der Waals surface area contributed by atoms with E-state index in [4.69, 9.17) is 0 Å². The predicted octanol–water partition coefficient (Wildman–Crippen LogP) is 3.93. The first-order valence-corrected chi connectivity index (χ1v) is 7.34. The van der Waals surface area contributed by atoms with E-state index in [9.17, 15) is 27.5 Å². The Labute approximate surface area is 143 Å². The van der Waals surface area contributed by atoms with Crippen molar-refractivity contribution in [1.82, 2.24) is 4.98 Å². The summed E-state index contributed by atoms with van der Waals surface area (Å²) in [6, 6.07) is 5.17.